The molecule has 0 radical (unpaired) electrons. The summed E-state index contributed by atoms with van der Waals surface area (Å²) in [6.07, 6.45) is 1.43. The second-order valence-electron chi connectivity index (χ2n) is 3.56. The van der Waals surface area contributed by atoms with Crippen LogP contribution in [0.25, 0.3) is 0 Å². The van der Waals surface area contributed by atoms with Gasteiger partial charge in [0.25, 0.3) is 0 Å². The average molecular weight is 230 g/mol. The lowest BCUT2D eigenvalue weighted by molar-refractivity contribution is 0.417. The predicted octanol–water partition coefficient (Wildman–Crippen LogP) is 2.12. The zero-order chi connectivity index (χ0) is 12.3. The molecule has 2 aromatic rings. The first kappa shape index (κ1) is 11.2. The number of nitrogens with two attached hydrogens (primary N) is 1. The molecule has 0 aliphatic heterocycles. The quantitative estimate of drug-likeness (QED) is 0.844. The number of methoxy groups -OCH3 is 1. The number of nitrogens with one attached hydrogen (secondary N) is 1. The fraction of sp³-hybridized carbons (Fsp3) is 0.167. The number of nitrogens with zero attached hydrogens (tertiary/aromatic N) is 2. The average Bonchev–Trinajstić information content (AvgIpc) is 2.35. The van der Waals surface area contributed by atoms with Crippen LogP contribution in [0.4, 0.5) is 17.3 Å². The lowest BCUT2D eigenvalue weighted by Gasteiger charge is -2.12. The third-order valence-electron chi connectivity index (χ3n) is 2.48. The van der Waals surface area contributed by atoms with E-state index in [9.17, 15) is 0 Å². The van der Waals surface area contributed by atoms with Crippen molar-refractivity contribution in [3.8, 4) is 5.75 Å². The Morgan fingerprint density at radius 2 is 2.00 bits per heavy atom. The third-order valence-corrected chi connectivity index (χ3v) is 2.48. The highest BCUT2D eigenvalue weighted by molar-refractivity contribution is 5.67. The summed E-state index contributed by atoms with van der Waals surface area (Å²) in [5, 5.41) is 3.18. The van der Waals surface area contributed by atoms with E-state index >= 15 is 0 Å². The van der Waals surface area contributed by atoms with Crippen molar-refractivity contribution in [1.29, 1.82) is 0 Å². The van der Waals surface area contributed by atoms with E-state index in [1.54, 1.807) is 7.11 Å². The molecular formula is C12H14N4O. The highest BCUT2D eigenvalue weighted by Gasteiger charge is 2.07. The van der Waals surface area contributed by atoms with E-state index in [0.717, 1.165) is 17.0 Å². The molecule has 0 bridgehead atoms. The Labute approximate surface area is 99.7 Å². The van der Waals surface area contributed by atoms with Crippen molar-refractivity contribution in [2.45, 2.75) is 6.92 Å². The highest BCUT2D eigenvalue weighted by atomic mass is 16.5. The molecule has 0 amide bonds. The number of anilines is 3. The molecule has 0 atom stereocenters. The van der Waals surface area contributed by atoms with E-state index in [1.165, 1.54) is 6.33 Å². The first-order chi connectivity index (χ1) is 8.22. The summed E-state index contributed by atoms with van der Waals surface area (Å²) in [5.74, 6) is 1.91. The first-order valence-electron chi connectivity index (χ1n) is 5.19. The molecule has 2 rings (SSSR count). The van der Waals surface area contributed by atoms with Gasteiger partial charge in [0.1, 0.15) is 23.7 Å². The molecule has 5 heteroatoms. The van der Waals surface area contributed by atoms with Crippen molar-refractivity contribution in [2.24, 2.45) is 0 Å². The van der Waals surface area contributed by atoms with Crippen LogP contribution in [0.15, 0.2) is 30.6 Å². The van der Waals surface area contributed by atoms with Crippen molar-refractivity contribution in [3.05, 3.63) is 36.2 Å². The Morgan fingerprint density at radius 3 is 2.76 bits per heavy atom. The van der Waals surface area contributed by atoms with Gasteiger partial charge in [0.15, 0.2) is 0 Å². The van der Waals surface area contributed by atoms with Gasteiger partial charge >= 0.3 is 0 Å². The van der Waals surface area contributed by atoms with E-state index in [1.807, 2.05) is 31.2 Å². The van der Waals surface area contributed by atoms with E-state index < -0.39 is 0 Å². The fourth-order valence-electron chi connectivity index (χ4n) is 1.47. The van der Waals surface area contributed by atoms with Crippen LogP contribution < -0.4 is 15.8 Å². The summed E-state index contributed by atoms with van der Waals surface area (Å²) in [4.78, 5) is 8.07. The number of ether oxygens (including phenoxy) is 1. The molecule has 88 valence electrons. The number of para-hydroxylation sites is 2. The highest BCUT2D eigenvalue weighted by Crippen LogP contribution is 2.28. The summed E-state index contributed by atoms with van der Waals surface area (Å²) in [6.45, 7) is 1.87. The normalized spacial score (nSPS) is 10.0. The van der Waals surface area contributed by atoms with Gasteiger partial charge in [-0.2, -0.15) is 0 Å². The van der Waals surface area contributed by atoms with Crippen LogP contribution in [-0.2, 0) is 0 Å². The van der Waals surface area contributed by atoms with Gasteiger partial charge in [-0.1, -0.05) is 12.1 Å². The number of hydrogen-bond acceptors (Lipinski definition) is 5. The van der Waals surface area contributed by atoms with Crippen LogP contribution in [0.2, 0.25) is 0 Å². The van der Waals surface area contributed by atoms with E-state index in [2.05, 4.69) is 15.3 Å². The Balaban J connectivity index is 2.35. The van der Waals surface area contributed by atoms with Gasteiger partial charge in [-0.15, -0.1) is 0 Å². The third kappa shape index (κ3) is 2.28. The van der Waals surface area contributed by atoms with E-state index in [0.29, 0.717) is 11.6 Å². The standard InChI is InChI=1S/C12H14N4O/c1-8-11(13)14-7-15-12(8)16-9-5-3-4-6-10(9)17-2/h3-7H,1-2H3,(H3,13,14,15,16). The maximum Gasteiger partial charge on any atom is 0.142 e. The lowest BCUT2D eigenvalue weighted by atomic mass is 10.2. The molecule has 0 aliphatic rings. The Morgan fingerprint density at radius 1 is 1.24 bits per heavy atom. The Bertz CT molecular complexity index is 528. The van der Waals surface area contributed by atoms with E-state index in [-0.39, 0.29) is 0 Å². The molecule has 1 aromatic carbocycles. The van der Waals surface area contributed by atoms with Gasteiger partial charge < -0.3 is 15.8 Å². The molecule has 0 saturated heterocycles. The molecule has 3 N–H and O–H groups in total. The predicted molar refractivity (Wildman–Crippen MR) is 67.5 cm³/mol. The fourth-order valence-corrected chi connectivity index (χ4v) is 1.47. The summed E-state index contributed by atoms with van der Waals surface area (Å²) in [7, 11) is 1.63. The molecule has 1 aromatic heterocycles. The number of hydrogen-bond donors (Lipinski definition) is 2. The van der Waals surface area contributed by atoms with Crippen molar-refractivity contribution < 1.29 is 4.74 Å². The molecule has 0 fully saturated rings. The molecule has 0 unspecified atom stereocenters. The SMILES string of the molecule is COc1ccccc1Nc1ncnc(N)c1C. The van der Waals surface area contributed by atoms with Crippen LogP contribution in [-0.4, -0.2) is 17.1 Å². The second-order valence-corrected chi connectivity index (χ2v) is 3.56. The van der Waals surface area contributed by atoms with Crippen molar-refractivity contribution >= 4 is 17.3 Å². The molecule has 0 saturated carbocycles. The molecule has 1 heterocycles. The topological polar surface area (TPSA) is 73.1 Å². The summed E-state index contributed by atoms with van der Waals surface area (Å²) < 4.78 is 5.25. The maximum absolute atomic E-state index is 5.72. The Kier molecular flexibility index (Phi) is 3.09. The van der Waals surface area contributed by atoms with Crippen LogP contribution in [0.3, 0.4) is 0 Å². The zero-order valence-corrected chi connectivity index (χ0v) is 9.77. The monoisotopic (exact) mass is 230 g/mol. The van der Waals surface area contributed by atoms with Crippen LogP contribution >= 0.6 is 0 Å². The summed E-state index contributed by atoms with van der Waals surface area (Å²) in [6, 6.07) is 7.62. The molecular weight excluding hydrogens is 216 g/mol. The zero-order valence-electron chi connectivity index (χ0n) is 9.77. The number of benzene rings is 1. The Hall–Kier alpha value is -2.30. The molecule has 17 heavy (non-hydrogen) atoms. The number of nitrogen functional groups attached to an aromatic ring is 1. The minimum atomic E-state index is 0.470. The smallest absolute Gasteiger partial charge is 0.142 e. The van der Waals surface area contributed by atoms with Gasteiger partial charge in [-0.3, -0.25) is 0 Å². The van der Waals surface area contributed by atoms with Crippen LogP contribution in [0.5, 0.6) is 5.75 Å². The minimum Gasteiger partial charge on any atom is -0.495 e. The summed E-state index contributed by atoms with van der Waals surface area (Å²) >= 11 is 0. The second kappa shape index (κ2) is 4.69. The van der Waals surface area contributed by atoms with Crippen molar-refractivity contribution in [2.75, 3.05) is 18.2 Å². The molecule has 5 nitrogen and oxygen atoms in total. The van der Waals surface area contributed by atoms with Crippen molar-refractivity contribution in [1.82, 2.24) is 9.97 Å². The minimum absolute atomic E-state index is 0.470. The summed E-state index contributed by atoms with van der Waals surface area (Å²) in [5.41, 5.74) is 7.38. The van der Waals surface area contributed by atoms with E-state index in [4.69, 9.17) is 10.5 Å². The van der Waals surface area contributed by atoms with Gasteiger partial charge in [0.05, 0.1) is 12.8 Å². The van der Waals surface area contributed by atoms with Crippen LogP contribution in [0, 0.1) is 6.92 Å². The van der Waals surface area contributed by atoms with Crippen LogP contribution in [0.1, 0.15) is 5.56 Å². The molecule has 0 spiro atoms. The van der Waals surface area contributed by atoms with Gasteiger partial charge in [0, 0.05) is 5.56 Å². The van der Waals surface area contributed by atoms with Gasteiger partial charge in [-0.05, 0) is 19.1 Å². The molecule has 0 aliphatic carbocycles. The van der Waals surface area contributed by atoms with Gasteiger partial charge in [0.2, 0.25) is 0 Å². The number of rotatable bonds is 3. The maximum atomic E-state index is 5.72. The number of aromatic nitrogens is 2. The first-order valence-corrected chi connectivity index (χ1v) is 5.19. The lowest BCUT2D eigenvalue weighted by Crippen LogP contribution is -2.02. The van der Waals surface area contributed by atoms with Crippen molar-refractivity contribution in [3.63, 3.8) is 0 Å². The van der Waals surface area contributed by atoms with Gasteiger partial charge in [-0.25, -0.2) is 9.97 Å². The largest absolute Gasteiger partial charge is 0.495 e.